The molecule has 0 fully saturated rings. The zero-order valence-corrected chi connectivity index (χ0v) is 11.9. The standard InChI is InChI=1S/C14H20O2S/c1-9-6-7-11(14(3,4)5)8-12(9)17-10(2)13(15)16/h6-8,10H,1-5H3,(H,15,16). The SMILES string of the molecule is Cc1ccc(C(C)(C)C)cc1SC(C)C(=O)O. The van der Waals surface area contributed by atoms with E-state index in [1.54, 1.807) is 6.92 Å². The summed E-state index contributed by atoms with van der Waals surface area (Å²) in [5, 5.41) is 8.53. The number of aliphatic carboxylic acids is 1. The zero-order chi connectivity index (χ0) is 13.2. The Morgan fingerprint density at radius 2 is 1.94 bits per heavy atom. The van der Waals surface area contributed by atoms with Crippen molar-refractivity contribution in [1.82, 2.24) is 0 Å². The molecule has 0 saturated carbocycles. The molecule has 94 valence electrons. The lowest BCUT2D eigenvalue weighted by Gasteiger charge is -2.21. The summed E-state index contributed by atoms with van der Waals surface area (Å²) in [5.41, 5.74) is 2.47. The first-order chi connectivity index (χ1) is 7.71. The number of thioether (sulfide) groups is 1. The highest BCUT2D eigenvalue weighted by atomic mass is 32.2. The van der Waals surface area contributed by atoms with Gasteiger partial charge in [-0.25, -0.2) is 0 Å². The van der Waals surface area contributed by atoms with Gasteiger partial charge in [0.25, 0.3) is 0 Å². The average molecular weight is 252 g/mol. The lowest BCUT2D eigenvalue weighted by molar-refractivity contribution is -0.136. The van der Waals surface area contributed by atoms with Crippen molar-refractivity contribution < 1.29 is 9.90 Å². The third-order valence-electron chi connectivity index (χ3n) is 2.71. The molecule has 0 spiro atoms. The molecule has 0 aliphatic heterocycles. The molecule has 0 aliphatic carbocycles. The summed E-state index contributed by atoms with van der Waals surface area (Å²) in [5.74, 6) is -0.768. The van der Waals surface area contributed by atoms with Gasteiger partial charge >= 0.3 is 5.97 Å². The van der Waals surface area contributed by atoms with E-state index in [2.05, 4.69) is 39.0 Å². The first-order valence-electron chi connectivity index (χ1n) is 5.72. The monoisotopic (exact) mass is 252 g/mol. The normalized spacial score (nSPS) is 13.5. The average Bonchev–Trinajstić information content (AvgIpc) is 2.19. The van der Waals surface area contributed by atoms with Crippen LogP contribution in [0.5, 0.6) is 0 Å². The first kappa shape index (κ1) is 14.1. The second kappa shape index (κ2) is 5.13. The maximum Gasteiger partial charge on any atom is 0.316 e. The van der Waals surface area contributed by atoms with E-state index in [9.17, 15) is 4.79 Å². The van der Waals surface area contributed by atoms with Crippen LogP contribution in [-0.4, -0.2) is 16.3 Å². The van der Waals surface area contributed by atoms with Gasteiger partial charge in [-0.15, -0.1) is 11.8 Å². The molecule has 1 aromatic carbocycles. The molecule has 17 heavy (non-hydrogen) atoms. The van der Waals surface area contributed by atoms with Crippen LogP contribution in [0.4, 0.5) is 0 Å². The highest BCUT2D eigenvalue weighted by Crippen LogP contribution is 2.31. The van der Waals surface area contributed by atoms with Gasteiger partial charge in [-0.1, -0.05) is 32.9 Å². The minimum absolute atomic E-state index is 0.0927. The fourth-order valence-electron chi connectivity index (χ4n) is 1.43. The van der Waals surface area contributed by atoms with Crippen molar-refractivity contribution in [1.29, 1.82) is 0 Å². The summed E-state index contributed by atoms with van der Waals surface area (Å²) in [4.78, 5) is 11.9. The lowest BCUT2D eigenvalue weighted by atomic mass is 9.87. The molecule has 1 atom stereocenters. The van der Waals surface area contributed by atoms with Gasteiger partial charge in [-0.3, -0.25) is 4.79 Å². The van der Waals surface area contributed by atoms with Gasteiger partial charge < -0.3 is 5.11 Å². The summed E-state index contributed by atoms with van der Waals surface area (Å²) in [7, 11) is 0. The van der Waals surface area contributed by atoms with Crippen molar-refractivity contribution in [3.63, 3.8) is 0 Å². The number of aryl methyl sites for hydroxylation is 1. The molecule has 0 heterocycles. The Balaban J connectivity index is 3.03. The quantitative estimate of drug-likeness (QED) is 0.830. The van der Waals surface area contributed by atoms with Gasteiger partial charge in [0.15, 0.2) is 0 Å². The van der Waals surface area contributed by atoms with E-state index in [1.165, 1.54) is 17.3 Å². The molecule has 0 aliphatic rings. The van der Waals surface area contributed by atoms with Crippen LogP contribution in [0.15, 0.2) is 23.1 Å². The minimum Gasteiger partial charge on any atom is -0.480 e. The van der Waals surface area contributed by atoms with Crippen molar-refractivity contribution >= 4 is 17.7 Å². The van der Waals surface area contributed by atoms with Gasteiger partial charge in [-0.2, -0.15) is 0 Å². The van der Waals surface area contributed by atoms with Gasteiger partial charge in [0.05, 0.1) is 0 Å². The molecule has 0 aromatic heterocycles. The van der Waals surface area contributed by atoms with Crippen molar-refractivity contribution in [2.45, 2.75) is 50.2 Å². The fourth-order valence-corrected chi connectivity index (χ4v) is 2.37. The van der Waals surface area contributed by atoms with Crippen LogP contribution in [0, 0.1) is 6.92 Å². The van der Waals surface area contributed by atoms with Gasteiger partial charge in [0.2, 0.25) is 0 Å². The van der Waals surface area contributed by atoms with E-state index in [4.69, 9.17) is 5.11 Å². The number of carboxylic acid groups (broad SMARTS) is 1. The highest BCUT2D eigenvalue weighted by molar-refractivity contribution is 8.00. The molecule has 1 aromatic rings. The van der Waals surface area contributed by atoms with Crippen molar-refractivity contribution in [2.75, 3.05) is 0 Å². The number of carboxylic acids is 1. The van der Waals surface area contributed by atoms with Gasteiger partial charge in [-0.05, 0) is 36.5 Å². The summed E-state index contributed by atoms with van der Waals surface area (Å²) in [6, 6.07) is 6.29. The van der Waals surface area contributed by atoms with Crippen LogP contribution in [0.1, 0.15) is 38.8 Å². The molecule has 0 saturated heterocycles. The Labute approximate surface area is 107 Å². The predicted octanol–water partition coefficient (Wildman–Crippen LogP) is 3.86. The number of hydrogen-bond acceptors (Lipinski definition) is 2. The number of carbonyl (C=O) groups is 1. The minimum atomic E-state index is -0.768. The van der Waals surface area contributed by atoms with Crippen molar-refractivity contribution in [3.8, 4) is 0 Å². The molecular formula is C14H20O2S. The maximum absolute atomic E-state index is 10.9. The van der Waals surface area contributed by atoms with E-state index < -0.39 is 11.2 Å². The highest BCUT2D eigenvalue weighted by Gasteiger charge is 2.18. The van der Waals surface area contributed by atoms with Crippen LogP contribution in [0.3, 0.4) is 0 Å². The molecular weight excluding hydrogens is 232 g/mol. The first-order valence-corrected chi connectivity index (χ1v) is 6.60. The van der Waals surface area contributed by atoms with Gasteiger partial charge in [0.1, 0.15) is 5.25 Å². The van der Waals surface area contributed by atoms with Gasteiger partial charge in [0, 0.05) is 4.90 Å². The van der Waals surface area contributed by atoms with Crippen LogP contribution >= 0.6 is 11.8 Å². The third-order valence-corrected chi connectivity index (χ3v) is 3.95. The van der Waals surface area contributed by atoms with Crippen LogP contribution in [-0.2, 0) is 10.2 Å². The Morgan fingerprint density at radius 1 is 1.35 bits per heavy atom. The number of rotatable bonds is 3. The summed E-state index contributed by atoms with van der Waals surface area (Å²) < 4.78 is 0. The van der Waals surface area contributed by atoms with E-state index >= 15 is 0 Å². The summed E-state index contributed by atoms with van der Waals surface area (Å²) in [6.45, 7) is 10.2. The fraction of sp³-hybridized carbons (Fsp3) is 0.500. The molecule has 0 amide bonds. The number of benzene rings is 1. The Morgan fingerprint density at radius 3 is 2.41 bits per heavy atom. The van der Waals surface area contributed by atoms with Crippen molar-refractivity contribution in [2.24, 2.45) is 0 Å². The van der Waals surface area contributed by atoms with Crippen LogP contribution in [0.25, 0.3) is 0 Å². The van der Waals surface area contributed by atoms with Crippen LogP contribution in [0.2, 0.25) is 0 Å². The molecule has 1 N–H and O–H groups in total. The van der Waals surface area contributed by atoms with Crippen molar-refractivity contribution in [3.05, 3.63) is 29.3 Å². The molecule has 0 bridgehead atoms. The largest absolute Gasteiger partial charge is 0.480 e. The second-order valence-corrected chi connectivity index (χ2v) is 6.71. The van der Waals surface area contributed by atoms with E-state index in [1.807, 2.05) is 6.92 Å². The Bertz CT molecular complexity index is 419. The second-order valence-electron chi connectivity index (χ2n) is 5.33. The van der Waals surface area contributed by atoms with E-state index in [0.29, 0.717) is 0 Å². The third kappa shape index (κ3) is 3.77. The molecule has 1 unspecified atom stereocenters. The number of hydrogen-bond donors (Lipinski definition) is 1. The molecule has 0 radical (unpaired) electrons. The smallest absolute Gasteiger partial charge is 0.316 e. The lowest BCUT2D eigenvalue weighted by Crippen LogP contribution is -2.13. The maximum atomic E-state index is 10.9. The zero-order valence-electron chi connectivity index (χ0n) is 11.1. The van der Waals surface area contributed by atoms with E-state index in [-0.39, 0.29) is 5.41 Å². The topological polar surface area (TPSA) is 37.3 Å². The Kier molecular flexibility index (Phi) is 4.26. The molecule has 3 heteroatoms. The Hall–Kier alpha value is -0.960. The van der Waals surface area contributed by atoms with E-state index in [0.717, 1.165) is 10.5 Å². The summed E-state index contributed by atoms with van der Waals surface area (Å²) in [6.07, 6.45) is 0. The van der Waals surface area contributed by atoms with Crippen LogP contribution < -0.4 is 0 Å². The molecule has 1 rings (SSSR count). The summed E-state index contributed by atoms with van der Waals surface area (Å²) >= 11 is 1.41. The molecule has 2 nitrogen and oxygen atoms in total. The predicted molar refractivity (Wildman–Crippen MR) is 72.8 cm³/mol.